The average molecular weight is 386 g/mol. The van der Waals surface area contributed by atoms with Crippen molar-refractivity contribution in [2.45, 2.75) is 24.9 Å². The molecular weight excluding hydrogens is 365 g/mol. The van der Waals surface area contributed by atoms with E-state index >= 15 is 0 Å². The van der Waals surface area contributed by atoms with Crippen molar-refractivity contribution in [1.29, 1.82) is 0 Å². The Balaban J connectivity index is 1.71. The first-order valence-electron chi connectivity index (χ1n) is 8.53. The molecule has 2 unspecified atom stereocenters. The maximum absolute atomic E-state index is 13.5. The maximum Gasteiger partial charge on any atom is 0.407 e. The van der Waals surface area contributed by atoms with Crippen molar-refractivity contribution >= 4 is 29.3 Å². The van der Waals surface area contributed by atoms with Crippen LogP contribution in [-0.2, 0) is 9.53 Å². The molecule has 0 aromatic heterocycles. The second kappa shape index (κ2) is 8.09. The molecule has 9 heteroatoms. The molecule has 3 rings (SSSR count). The Kier molecular flexibility index (Phi) is 5.83. The lowest BCUT2D eigenvalue weighted by molar-refractivity contribution is -0.138. The number of benzene rings is 1. The number of carbonyl (C=O) groups excluding carboxylic acids is 1. The van der Waals surface area contributed by atoms with E-state index in [-0.39, 0.29) is 30.1 Å². The first kappa shape index (κ1) is 18.7. The van der Waals surface area contributed by atoms with Gasteiger partial charge in [0.1, 0.15) is 11.9 Å². The molecule has 26 heavy (non-hydrogen) atoms. The van der Waals surface area contributed by atoms with Crippen molar-refractivity contribution < 1.29 is 23.8 Å². The average Bonchev–Trinajstić information content (AvgIpc) is 2.82. The molecule has 0 aliphatic carbocycles. The number of nitrogens with one attached hydrogen (secondary N) is 1. The number of carboxylic acid groups (broad SMARTS) is 1. The Morgan fingerprint density at radius 2 is 2.15 bits per heavy atom. The number of carbonyl (C=O) groups is 2. The number of likely N-dealkylation sites (tertiary alicyclic amines) is 1. The van der Waals surface area contributed by atoms with Crippen LogP contribution >= 0.6 is 11.6 Å². The lowest BCUT2D eigenvalue weighted by atomic mass is 10.0. The smallest absolute Gasteiger partial charge is 0.407 e. The highest BCUT2D eigenvalue weighted by Crippen LogP contribution is 2.23. The van der Waals surface area contributed by atoms with E-state index in [0.29, 0.717) is 31.9 Å². The van der Waals surface area contributed by atoms with Gasteiger partial charge in [0.25, 0.3) is 0 Å². The van der Waals surface area contributed by atoms with Gasteiger partial charge in [0.2, 0.25) is 5.91 Å². The molecule has 2 saturated heterocycles. The second-order valence-electron chi connectivity index (χ2n) is 6.49. The van der Waals surface area contributed by atoms with Crippen LogP contribution in [0.1, 0.15) is 12.8 Å². The van der Waals surface area contributed by atoms with E-state index in [1.807, 2.05) is 0 Å². The number of nitrogens with zero attached hydrogens (tertiary/aromatic N) is 2. The standard InChI is InChI=1S/C17H21ClFN3O4/c18-11-6-12(19)8-13(7-11)20-15-2-1-3-22(16(15)23)14-9-21(17(24)25)4-5-26-10-14/h6-8,14-15,20H,1-5,9-10H2,(H,24,25). The summed E-state index contributed by atoms with van der Waals surface area (Å²) in [5, 5.41) is 12.5. The molecule has 2 N–H and O–H groups in total. The number of amides is 2. The molecule has 2 heterocycles. The summed E-state index contributed by atoms with van der Waals surface area (Å²) in [5.74, 6) is -0.619. The monoisotopic (exact) mass is 385 g/mol. The number of halogens is 2. The van der Waals surface area contributed by atoms with E-state index in [0.717, 1.165) is 6.42 Å². The van der Waals surface area contributed by atoms with Gasteiger partial charge >= 0.3 is 6.09 Å². The number of hydrogen-bond acceptors (Lipinski definition) is 4. The van der Waals surface area contributed by atoms with Gasteiger partial charge in [0, 0.05) is 30.3 Å². The first-order chi connectivity index (χ1) is 12.4. The molecular formula is C17H21ClFN3O4. The van der Waals surface area contributed by atoms with Crippen LogP contribution in [0.2, 0.25) is 5.02 Å². The van der Waals surface area contributed by atoms with Crippen LogP contribution in [0.3, 0.4) is 0 Å². The molecule has 2 aliphatic heterocycles. The predicted molar refractivity (Wildman–Crippen MR) is 94.0 cm³/mol. The summed E-state index contributed by atoms with van der Waals surface area (Å²) in [6.45, 7) is 1.67. The van der Waals surface area contributed by atoms with Crippen LogP contribution in [0.15, 0.2) is 18.2 Å². The highest BCUT2D eigenvalue weighted by Gasteiger charge is 2.35. The number of rotatable bonds is 3. The lowest BCUT2D eigenvalue weighted by Gasteiger charge is -2.38. The number of ether oxygens (including phenoxy) is 1. The molecule has 2 aliphatic rings. The van der Waals surface area contributed by atoms with Gasteiger partial charge in [-0.3, -0.25) is 4.79 Å². The van der Waals surface area contributed by atoms with Crippen LogP contribution < -0.4 is 5.32 Å². The van der Waals surface area contributed by atoms with Gasteiger partial charge in [-0.05, 0) is 31.0 Å². The predicted octanol–water partition coefficient (Wildman–Crippen LogP) is 2.26. The molecule has 2 atom stereocenters. The molecule has 7 nitrogen and oxygen atoms in total. The van der Waals surface area contributed by atoms with E-state index in [4.69, 9.17) is 16.3 Å². The number of anilines is 1. The summed E-state index contributed by atoms with van der Waals surface area (Å²) in [7, 11) is 0. The highest BCUT2D eigenvalue weighted by atomic mass is 35.5. The summed E-state index contributed by atoms with van der Waals surface area (Å²) in [6, 6.07) is 3.21. The van der Waals surface area contributed by atoms with E-state index in [1.165, 1.54) is 17.0 Å². The molecule has 1 aromatic rings. The molecule has 2 amide bonds. The lowest BCUT2D eigenvalue weighted by Crippen LogP contribution is -2.56. The molecule has 0 radical (unpaired) electrons. The van der Waals surface area contributed by atoms with E-state index < -0.39 is 18.0 Å². The zero-order valence-electron chi connectivity index (χ0n) is 14.2. The van der Waals surface area contributed by atoms with E-state index in [1.54, 1.807) is 11.0 Å². The van der Waals surface area contributed by atoms with Crippen LogP contribution in [0, 0.1) is 5.82 Å². The third-order valence-electron chi connectivity index (χ3n) is 4.63. The van der Waals surface area contributed by atoms with Crippen molar-refractivity contribution in [3.63, 3.8) is 0 Å². The Bertz CT molecular complexity index is 670. The van der Waals surface area contributed by atoms with Crippen molar-refractivity contribution in [1.82, 2.24) is 9.80 Å². The highest BCUT2D eigenvalue weighted by molar-refractivity contribution is 6.30. The minimum atomic E-state index is -1.02. The fourth-order valence-corrected chi connectivity index (χ4v) is 3.61. The van der Waals surface area contributed by atoms with Crippen molar-refractivity contribution in [3.8, 4) is 0 Å². The van der Waals surface area contributed by atoms with Crippen LogP contribution in [-0.4, -0.2) is 71.8 Å². The molecule has 0 bridgehead atoms. The topological polar surface area (TPSA) is 82.1 Å². The van der Waals surface area contributed by atoms with E-state index in [2.05, 4.69) is 5.32 Å². The second-order valence-corrected chi connectivity index (χ2v) is 6.92. The minimum Gasteiger partial charge on any atom is -0.465 e. The fraction of sp³-hybridized carbons (Fsp3) is 0.529. The summed E-state index contributed by atoms with van der Waals surface area (Å²) in [6.07, 6.45) is 0.351. The molecule has 142 valence electrons. The Morgan fingerprint density at radius 1 is 1.35 bits per heavy atom. The van der Waals surface area contributed by atoms with Gasteiger partial charge in [-0.1, -0.05) is 11.6 Å². The van der Waals surface area contributed by atoms with Gasteiger partial charge in [-0.25, -0.2) is 9.18 Å². The van der Waals surface area contributed by atoms with Crippen LogP contribution in [0.25, 0.3) is 0 Å². The van der Waals surface area contributed by atoms with Gasteiger partial charge in [-0.2, -0.15) is 0 Å². The third-order valence-corrected chi connectivity index (χ3v) is 4.85. The summed E-state index contributed by atoms with van der Waals surface area (Å²) in [4.78, 5) is 27.1. The van der Waals surface area contributed by atoms with Gasteiger partial charge < -0.3 is 25.0 Å². The maximum atomic E-state index is 13.5. The van der Waals surface area contributed by atoms with Gasteiger partial charge in [-0.15, -0.1) is 0 Å². The Hall–Kier alpha value is -2.06. The number of piperidine rings is 1. The minimum absolute atomic E-state index is 0.141. The largest absolute Gasteiger partial charge is 0.465 e. The summed E-state index contributed by atoms with van der Waals surface area (Å²) in [5.41, 5.74) is 0.444. The Morgan fingerprint density at radius 3 is 2.88 bits per heavy atom. The first-order valence-corrected chi connectivity index (χ1v) is 8.90. The van der Waals surface area contributed by atoms with Crippen LogP contribution in [0.4, 0.5) is 14.9 Å². The van der Waals surface area contributed by atoms with Crippen molar-refractivity contribution in [2.24, 2.45) is 0 Å². The Labute approximate surface area is 155 Å². The quantitative estimate of drug-likeness (QED) is 0.834. The summed E-state index contributed by atoms with van der Waals surface area (Å²) < 4.78 is 19.0. The molecule has 0 saturated carbocycles. The van der Waals surface area contributed by atoms with Crippen molar-refractivity contribution in [3.05, 3.63) is 29.0 Å². The molecule has 1 aromatic carbocycles. The van der Waals surface area contributed by atoms with Crippen molar-refractivity contribution in [2.75, 3.05) is 38.2 Å². The zero-order valence-corrected chi connectivity index (χ0v) is 14.9. The molecule has 2 fully saturated rings. The van der Waals surface area contributed by atoms with E-state index in [9.17, 15) is 19.1 Å². The normalized spacial score (nSPS) is 24.3. The third kappa shape index (κ3) is 4.37. The SMILES string of the molecule is O=C(O)N1CCOCC(N2CCCC(Nc3cc(F)cc(Cl)c3)C2=O)C1. The fourth-order valence-electron chi connectivity index (χ4n) is 3.39. The summed E-state index contributed by atoms with van der Waals surface area (Å²) >= 11 is 5.87. The van der Waals surface area contributed by atoms with Gasteiger partial charge in [0.05, 0.1) is 19.3 Å². The molecule has 0 spiro atoms. The van der Waals surface area contributed by atoms with Crippen LogP contribution in [0.5, 0.6) is 0 Å². The zero-order chi connectivity index (χ0) is 18.7. The van der Waals surface area contributed by atoms with Gasteiger partial charge in [0.15, 0.2) is 0 Å². The number of hydrogen-bond donors (Lipinski definition) is 2.